The molecule has 2 nitrogen and oxygen atoms in total. The number of benzene rings is 1. The molecule has 1 aromatic carbocycles. The summed E-state index contributed by atoms with van der Waals surface area (Å²) in [5.74, 6) is 0.349. The van der Waals surface area contributed by atoms with Crippen LogP contribution in [0.5, 0.6) is 0 Å². The molecular weight excluding hydrogens is 150 g/mol. The largest absolute Gasteiger partial charge is 0.366 e. The molecule has 0 radical (unpaired) electrons. The molecule has 1 amide bonds. The highest BCUT2D eigenvalue weighted by Gasteiger charge is 2.23. The first kappa shape index (κ1) is 7.35. The van der Waals surface area contributed by atoms with Gasteiger partial charge in [0.15, 0.2) is 0 Å². The van der Waals surface area contributed by atoms with Crippen molar-refractivity contribution >= 4 is 5.91 Å². The normalized spacial score (nSPS) is 16.0. The van der Waals surface area contributed by atoms with E-state index in [9.17, 15) is 4.79 Å². The number of amides is 1. The fraction of sp³-hybridized carbons (Fsp3) is 0.300. The fourth-order valence-corrected chi connectivity index (χ4v) is 1.36. The molecule has 0 heterocycles. The van der Waals surface area contributed by atoms with Crippen molar-refractivity contribution in [3.8, 4) is 0 Å². The summed E-state index contributed by atoms with van der Waals surface area (Å²) in [4.78, 5) is 10.8. The number of primary amides is 1. The van der Waals surface area contributed by atoms with Gasteiger partial charge in [0.05, 0.1) is 0 Å². The molecule has 0 saturated heterocycles. The molecule has 2 rings (SSSR count). The molecule has 0 aliphatic heterocycles. The lowest BCUT2D eigenvalue weighted by atomic mass is 10.1. The fourth-order valence-electron chi connectivity index (χ4n) is 1.36. The highest BCUT2D eigenvalue weighted by atomic mass is 16.1. The van der Waals surface area contributed by atoms with Crippen molar-refractivity contribution in [2.24, 2.45) is 5.73 Å². The van der Waals surface area contributed by atoms with Crippen LogP contribution in [-0.4, -0.2) is 5.91 Å². The zero-order chi connectivity index (χ0) is 8.55. The standard InChI is InChI=1S/C10H11NO/c11-10(12)9-3-1-2-8(6-9)7-4-5-7/h1-3,6-7H,4-5H2,(H2,11,12). The topological polar surface area (TPSA) is 43.1 Å². The minimum atomic E-state index is -0.336. The Balaban J connectivity index is 2.32. The number of carbonyl (C=O) groups excluding carboxylic acids is 1. The summed E-state index contributed by atoms with van der Waals surface area (Å²) in [5.41, 5.74) is 7.04. The summed E-state index contributed by atoms with van der Waals surface area (Å²) >= 11 is 0. The highest BCUT2D eigenvalue weighted by Crippen LogP contribution is 2.40. The van der Waals surface area contributed by atoms with Gasteiger partial charge in [0.1, 0.15) is 0 Å². The van der Waals surface area contributed by atoms with Crippen molar-refractivity contribution in [3.63, 3.8) is 0 Å². The Kier molecular flexibility index (Phi) is 1.61. The summed E-state index contributed by atoms with van der Waals surface area (Å²) in [6, 6.07) is 7.62. The average molecular weight is 161 g/mol. The summed E-state index contributed by atoms with van der Waals surface area (Å²) < 4.78 is 0. The molecule has 1 aliphatic rings. The third-order valence-electron chi connectivity index (χ3n) is 2.22. The molecule has 0 spiro atoms. The van der Waals surface area contributed by atoms with E-state index in [-0.39, 0.29) is 5.91 Å². The Morgan fingerprint density at radius 1 is 1.42 bits per heavy atom. The van der Waals surface area contributed by atoms with Gasteiger partial charge in [-0.05, 0) is 36.5 Å². The molecule has 2 N–H and O–H groups in total. The molecule has 0 atom stereocenters. The van der Waals surface area contributed by atoms with Gasteiger partial charge in [-0.25, -0.2) is 0 Å². The lowest BCUT2D eigenvalue weighted by Crippen LogP contribution is -2.10. The minimum absolute atomic E-state index is 0.336. The van der Waals surface area contributed by atoms with E-state index < -0.39 is 0 Å². The lowest BCUT2D eigenvalue weighted by molar-refractivity contribution is 0.1000. The summed E-state index contributed by atoms with van der Waals surface area (Å²) in [5, 5.41) is 0. The molecule has 0 aromatic heterocycles. The van der Waals surface area contributed by atoms with Crippen LogP contribution in [0.25, 0.3) is 0 Å². The van der Waals surface area contributed by atoms with Crippen LogP contribution < -0.4 is 5.73 Å². The van der Waals surface area contributed by atoms with Gasteiger partial charge >= 0.3 is 0 Å². The van der Waals surface area contributed by atoms with E-state index >= 15 is 0 Å². The summed E-state index contributed by atoms with van der Waals surface area (Å²) in [6.07, 6.45) is 2.50. The van der Waals surface area contributed by atoms with Crippen LogP contribution in [0.4, 0.5) is 0 Å². The number of carbonyl (C=O) groups is 1. The maximum absolute atomic E-state index is 10.8. The third kappa shape index (κ3) is 1.33. The van der Waals surface area contributed by atoms with Crippen LogP contribution in [0.3, 0.4) is 0 Å². The van der Waals surface area contributed by atoms with E-state index in [1.807, 2.05) is 12.1 Å². The molecule has 2 heteroatoms. The first-order chi connectivity index (χ1) is 5.77. The van der Waals surface area contributed by atoms with Crippen LogP contribution in [-0.2, 0) is 0 Å². The number of rotatable bonds is 2. The van der Waals surface area contributed by atoms with Gasteiger partial charge in [-0.2, -0.15) is 0 Å². The van der Waals surface area contributed by atoms with E-state index in [0.29, 0.717) is 11.5 Å². The van der Waals surface area contributed by atoms with Gasteiger partial charge in [-0.3, -0.25) is 4.79 Å². The van der Waals surface area contributed by atoms with Gasteiger partial charge in [-0.15, -0.1) is 0 Å². The van der Waals surface area contributed by atoms with E-state index in [2.05, 4.69) is 6.07 Å². The lowest BCUT2D eigenvalue weighted by Gasteiger charge is -1.99. The predicted molar refractivity (Wildman–Crippen MR) is 46.9 cm³/mol. The molecule has 0 bridgehead atoms. The Labute approximate surface area is 71.4 Å². The first-order valence-corrected chi connectivity index (χ1v) is 4.17. The smallest absolute Gasteiger partial charge is 0.248 e. The second-order valence-electron chi connectivity index (χ2n) is 3.26. The Morgan fingerprint density at radius 3 is 2.75 bits per heavy atom. The van der Waals surface area contributed by atoms with Crippen LogP contribution in [0, 0.1) is 0 Å². The Hall–Kier alpha value is -1.31. The van der Waals surface area contributed by atoms with Gasteiger partial charge in [-0.1, -0.05) is 12.1 Å². The summed E-state index contributed by atoms with van der Waals surface area (Å²) in [6.45, 7) is 0. The molecule has 1 aliphatic carbocycles. The van der Waals surface area contributed by atoms with Crippen LogP contribution in [0.2, 0.25) is 0 Å². The monoisotopic (exact) mass is 161 g/mol. The number of hydrogen-bond acceptors (Lipinski definition) is 1. The zero-order valence-corrected chi connectivity index (χ0v) is 6.79. The van der Waals surface area contributed by atoms with E-state index in [0.717, 1.165) is 0 Å². The van der Waals surface area contributed by atoms with Crippen molar-refractivity contribution in [1.82, 2.24) is 0 Å². The van der Waals surface area contributed by atoms with Gasteiger partial charge in [0.25, 0.3) is 0 Å². The van der Waals surface area contributed by atoms with Crippen molar-refractivity contribution in [2.45, 2.75) is 18.8 Å². The van der Waals surface area contributed by atoms with Crippen molar-refractivity contribution < 1.29 is 4.79 Å². The van der Waals surface area contributed by atoms with Crippen LogP contribution in [0.1, 0.15) is 34.7 Å². The van der Waals surface area contributed by atoms with Crippen LogP contribution >= 0.6 is 0 Å². The van der Waals surface area contributed by atoms with E-state index in [4.69, 9.17) is 5.73 Å². The second kappa shape index (κ2) is 2.63. The molecule has 1 saturated carbocycles. The highest BCUT2D eigenvalue weighted by molar-refractivity contribution is 5.92. The number of hydrogen-bond donors (Lipinski definition) is 1. The molecule has 1 fully saturated rings. The second-order valence-corrected chi connectivity index (χ2v) is 3.26. The zero-order valence-electron chi connectivity index (χ0n) is 6.79. The average Bonchev–Trinajstić information content (AvgIpc) is 2.87. The van der Waals surface area contributed by atoms with Gasteiger partial charge in [0.2, 0.25) is 5.91 Å². The van der Waals surface area contributed by atoms with Crippen molar-refractivity contribution in [3.05, 3.63) is 35.4 Å². The van der Waals surface area contributed by atoms with E-state index in [1.54, 1.807) is 6.07 Å². The molecule has 12 heavy (non-hydrogen) atoms. The molecule has 1 aromatic rings. The van der Waals surface area contributed by atoms with E-state index in [1.165, 1.54) is 18.4 Å². The minimum Gasteiger partial charge on any atom is -0.366 e. The Morgan fingerprint density at radius 2 is 2.17 bits per heavy atom. The maximum Gasteiger partial charge on any atom is 0.248 e. The molecular formula is C10H11NO. The Bertz CT molecular complexity index is 315. The van der Waals surface area contributed by atoms with Gasteiger partial charge in [0, 0.05) is 5.56 Å². The van der Waals surface area contributed by atoms with Crippen molar-refractivity contribution in [2.75, 3.05) is 0 Å². The molecule has 0 unspecified atom stereocenters. The SMILES string of the molecule is NC(=O)c1cccc(C2CC2)c1. The predicted octanol–water partition coefficient (Wildman–Crippen LogP) is 1.66. The van der Waals surface area contributed by atoms with Crippen LogP contribution in [0.15, 0.2) is 24.3 Å². The third-order valence-corrected chi connectivity index (χ3v) is 2.22. The summed E-state index contributed by atoms with van der Waals surface area (Å²) in [7, 11) is 0. The molecule has 62 valence electrons. The van der Waals surface area contributed by atoms with Gasteiger partial charge < -0.3 is 5.73 Å². The number of nitrogens with two attached hydrogens (primary N) is 1. The first-order valence-electron chi connectivity index (χ1n) is 4.17. The quantitative estimate of drug-likeness (QED) is 0.704. The maximum atomic E-state index is 10.8. The van der Waals surface area contributed by atoms with Crippen molar-refractivity contribution in [1.29, 1.82) is 0 Å².